The van der Waals surface area contributed by atoms with E-state index >= 15 is 0 Å². The van der Waals surface area contributed by atoms with Crippen LogP contribution in [0.3, 0.4) is 0 Å². The number of fused-ring (bicyclic) bond motifs is 11. The van der Waals surface area contributed by atoms with Crippen molar-refractivity contribution in [1.29, 1.82) is 0 Å². The van der Waals surface area contributed by atoms with Crippen LogP contribution < -0.4 is 0 Å². The van der Waals surface area contributed by atoms with Gasteiger partial charge in [0, 0.05) is 49.0 Å². The lowest BCUT2D eigenvalue weighted by molar-refractivity contribution is 0.671. The fraction of sp³-hybridized carbons (Fsp3) is 0. The highest BCUT2D eigenvalue weighted by Gasteiger charge is 2.23. The molecule has 4 aromatic heterocycles. The summed E-state index contributed by atoms with van der Waals surface area (Å²) in [7, 11) is 0. The smallest absolute Gasteiger partial charge is 0.235 e. The van der Waals surface area contributed by atoms with Gasteiger partial charge in [-0.05, 0) is 48.5 Å². The maximum Gasteiger partial charge on any atom is 0.235 e. The first-order valence-corrected chi connectivity index (χ1v) is 16.5. The van der Waals surface area contributed by atoms with Gasteiger partial charge in [0.1, 0.15) is 5.58 Å². The van der Waals surface area contributed by atoms with Gasteiger partial charge in [0.25, 0.3) is 0 Å². The molecule has 0 atom stereocenters. The molecule has 0 aliphatic carbocycles. The summed E-state index contributed by atoms with van der Waals surface area (Å²) in [5, 5.41) is 7.88. The molecule has 11 aromatic rings. The first kappa shape index (κ1) is 26.4. The lowest BCUT2D eigenvalue weighted by atomic mass is 10.1. The van der Waals surface area contributed by atoms with Gasteiger partial charge in [-0.3, -0.25) is 4.57 Å². The topological polar surface area (TPSA) is 48.8 Å². The molecule has 0 N–H and O–H groups in total. The van der Waals surface area contributed by atoms with Crippen molar-refractivity contribution in [2.75, 3.05) is 0 Å². The molecule has 11 rings (SSSR count). The summed E-state index contributed by atoms with van der Waals surface area (Å²) in [4.78, 5) is 10.5. The molecule has 0 bridgehead atoms. The van der Waals surface area contributed by atoms with Crippen LogP contribution in [0.1, 0.15) is 0 Å². The van der Waals surface area contributed by atoms with Crippen LogP contribution in [0.4, 0.5) is 0 Å². The number of benzene rings is 7. The zero-order valence-electron chi connectivity index (χ0n) is 26.2. The third-order valence-corrected chi connectivity index (χ3v) is 9.92. The van der Waals surface area contributed by atoms with E-state index in [2.05, 4.69) is 143 Å². The highest BCUT2D eigenvalue weighted by Crippen LogP contribution is 2.43. The summed E-state index contributed by atoms with van der Waals surface area (Å²) in [6.07, 6.45) is 0. The molecular formula is C44H26N4O. The van der Waals surface area contributed by atoms with Crippen LogP contribution in [-0.2, 0) is 0 Å². The SMILES string of the molecule is c1ccc(-c2nc(-n3c4ccccc4c4cc5c6ccc7c8ccccc8oc7c6n(-c6ccccc6)c5cc43)nc3ccccc23)cc1. The normalized spacial score (nSPS) is 12.1. The minimum atomic E-state index is 0.644. The molecule has 0 unspecified atom stereocenters. The number of hydrogen-bond acceptors (Lipinski definition) is 3. The van der Waals surface area contributed by atoms with E-state index in [1.807, 2.05) is 24.3 Å². The third-order valence-electron chi connectivity index (χ3n) is 9.92. The van der Waals surface area contributed by atoms with Crippen molar-refractivity contribution in [2.45, 2.75) is 0 Å². The van der Waals surface area contributed by atoms with Gasteiger partial charge in [-0.15, -0.1) is 0 Å². The van der Waals surface area contributed by atoms with Crippen molar-refractivity contribution in [3.63, 3.8) is 0 Å². The van der Waals surface area contributed by atoms with E-state index in [0.717, 1.165) is 88.0 Å². The Bertz CT molecular complexity index is 3100. The van der Waals surface area contributed by atoms with Gasteiger partial charge in [-0.25, -0.2) is 9.97 Å². The van der Waals surface area contributed by atoms with E-state index in [1.54, 1.807) is 0 Å². The molecule has 49 heavy (non-hydrogen) atoms. The number of rotatable bonds is 3. The molecular weight excluding hydrogens is 601 g/mol. The highest BCUT2D eigenvalue weighted by atomic mass is 16.3. The number of para-hydroxylation sites is 4. The van der Waals surface area contributed by atoms with Crippen LogP contribution in [0.15, 0.2) is 162 Å². The molecule has 4 heterocycles. The van der Waals surface area contributed by atoms with Crippen molar-refractivity contribution in [3.05, 3.63) is 158 Å². The van der Waals surface area contributed by atoms with Gasteiger partial charge >= 0.3 is 0 Å². The molecule has 5 heteroatoms. The van der Waals surface area contributed by atoms with Gasteiger partial charge in [0.05, 0.1) is 33.3 Å². The molecule has 0 saturated carbocycles. The number of aromatic nitrogens is 4. The summed E-state index contributed by atoms with van der Waals surface area (Å²) >= 11 is 0. The fourth-order valence-corrected chi connectivity index (χ4v) is 7.78. The van der Waals surface area contributed by atoms with E-state index in [0.29, 0.717) is 5.95 Å². The van der Waals surface area contributed by atoms with Crippen molar-refractivity contribution in [2.24, 2.45) is 0 Å². The first-order chi connectivity index (χ1) is 24.3. The Balaban J connectivity index is 1.31. The Morgan fingerprint density at radius 1 is 0.429 bits per heavy atom. The van der Waals surface area contributed by atoms with E-state index in [1.165, 1.54) is 5.39 Å². The third kappa shape index (κ3) is 3.70. The monoisotopic (exact) mass is 626 g/mol. The molecule has 0 saturated heterocycles. The zero-order chi connectivity index (χ0) is 32.1. The first-order valence-electron chi connectivity index (χ1n) is 16.5. The van der Waals surface area contributed by atoms with Crippen LogP contribution in [0.2, 0.25) is 0 Å². The summed E-state index contributed by atoms with van der Waals surface area (Å²) in [5.74, 6) is 0.644. The predicted octanol–water partition coefficient (Wildman–Crippen LogP) is 11.4. The summed E-state index contributed by atoms with van der Waals surface area (Å²) in [5.41, 5.74) is 10.00. The Labute approximate surface area is 279 Å². The number of nitrogens with zero attached hydrogens (tertiary/aromatic N) is 4. The molecule has 7 aromatic carbocycles. The average Bonchev–Trinajstić information content (AvgIpc) is 3.81. The Kier molecular flexibility index (Phi) is 5.32. The second kappa shape index (κ2) is 9.89. The molecule has 0 fully saturated rings. The number of furan rings is 1. The molecule has 0 aliphatic rings. The van der Waals surface area contributed by atoms with E-state index in [9.17, 15) is 0 Å². The van der Waals surface area contributed by atoms with Crippen LogP contribution >= 0.6 is 0 Å². The van der Waals surface area contributed by atoms with Gasteiger partial charge in [-0.1, -0.05) is 109 Å². The van der Waals surface area contributed by atoms with Crippen LogP contribution in [-0.4, -0.2) is 19.1 Å². The van der Waals surface area contributed by atoms with Crippen molar-refractivity contribution in [1.82, 2.24) is 19.1 Å². The quantitative estimate of drug-likeness (QED) is 0.196. The molecule has 228 valence electrons. The molecule has 0 spiro atoms. The van der Waals surface area contributed by atoms with Crippen LogP contribution in [0.25, 0.3) is 99.3 Å². The summed E-state index contributed by atoms with van der Waals surface area (Å²) in [6.45, 7) is 0. The molecule has 5 nitrogen and oxygen atoms in total. The second-order valence-electron chi connectivity index (χ2n) is 12.6. The minimum Gasteiger partial charge on any atom is -0.454 e. The standard InChI is InChI=1S/C44H26N4O/c1-3-13-27(14-4-1)41-33-19-7-10-20-36(33)45-44(46-41)48-37-21-11-8-17-29(37)34-25-35-31-23-24-32-30-18-9-12-22-40(30)49-43(32)42(31)47(38(35)26-39(34)48)28-15-5-2-6-16-28/h1-26H. The van der Waals surface area contributed by atoms with Gasteiger partial charge in [-0.2, -0.15) is 0 Å². The Morgan fingerprint density at radius 2 is 1.08 bits per heavy atom. The number of hydrogen-bond donors (Lipinski definition) is 0. The Hall–Kier alpha value is -6.72. The minimum absolute atomic E-state index is 0.644. The molecule has 0 aliphatic heterocycles. The van der Waals surface area contributed by atoms with Crippen molar-refractivity contribution >= 4 is 76.5 Å². The summed E-state index contributed by atoms with van der Waals surface area (Å²) < 4.78 is 11.2. The van der Waals surface area contributed by atoms with Crippen LogP contribution in [0.5, 0.6) is 0 Å². The Morgan fingerprint density at radius 3 is 1.94 bits per heavy atom. The van der Waals surface area contributed by atoms with Crippen molar-refractivity contribution in [3.8, 4) is 22.9 Å². The largest absolute Gasteiger partial charge is 0.454 e. The highest BCUT2D eigenvalue weighted by molar-refractivity contribution is 6.24. The maximum absolute atomic E-state index is 6.65. The van der Waals surface area contributed by atoms with E-state index in [-0.39, 0.29) is 0 Å². The van der Waals surface area contributed by atoms with Crippen LogP contribution in [0, 0.1) is 0 Å². The fourth-order valence-electron chi connectivity index (χ4n) is 7.78. The van der Waals surface area contributed by atoms with Gasteiger partial charge in [0.2, 0.25) is 5.95 Å². The van der Waals surface area contributed by atoms with E-state index < -0.39 is 0 Å². The van der Waals surface area contributed by atoms with E-state index in [4.69, 9.17) is 14.4 Å². The second-order valence-corrected chi connectivity index (χ2v) is 12.6. The van der Waals surface area contributed by atoms with Gasteiger partial charge < -0.3 is 8.98 Å². The lowest BCUT2D eigenvalue weighted by Gasteiger charge is -2.12. The molecule has 0 amide bonds. The maximum atomic E-state index is 6.65. The predicted molar refractivity (Wildman–Crippen MR) is 201 cm³/mol. The summed E-state index contributed by atoms with van der Waals surface area (Å²) in [6, 6.07) is 55.2. The molecule has 0 radical (unpaired) electrons. The zero-order valence-corrected chi connectivity index (χ0v) is 26.2. The lowest BCUT2D eigenvalue weighted by Crippen LogP contribution is -2.03. The average molecular weight is 627 g/mol. The van der Waals surface area contributed by atoms with Gasteiger partial charge in [0.15, 0.2) is 5.58 Å². The van der Waals surface area contributed by atoms with Crippen molar-refractivity contribution < 1.29 is 4.42 Å².